The number of ether oxygens (including phenoxy) is 2. The zero-order chi connectivity index (χ0) is 20.1. The van der Waals surface area contributed by atoms with Gasteiger partial charge in [-0.25, -0.2) is 4.99 Å². The Kier molecular flexibility index (Phi) is 6.14. The van der Waals surface area contributed by atoms with Gasteiger partial charge in [0.1, 0.15) is 0 Å². The Morgan fingerprint density at radius 1 is 1.10 bits per heavy atom. The van der Waals surface area contributed by atoms with Crippen molar-refractivity contribution in [2.75, 3.05) is 39.5 Å². The molecule has 2 aliphatic rings. The average molecular weight is 396 g/mol. The molecule has 0 spiro atoms. The van der Waals surface area contributed by atoms with Gasteiger partial charge in [0.15, 0.2) is 17.5 Å². The predicted molar refractivity (Wildman–Crippen MR) is 113 cm³/mol. The van der Waals surface area contributed by atoms with E-state index >= 15 is 0 Å². The van der Waals surface area contributed by atoms with Crippen molar-refractivity contribution in [3.63, 3.8) is 0 Å². The maximum Gasteiger partial charge on any atom is 0.231 e. The van der Waals surface area contributed by atoms with Gasteiger partial charge in [0.25, 0.3) is 0 Å². The second-order valence-electron chi connectivity index (χ2n) is 7.39. The SMILES string of the molecule is CCNC(=NCc1cccc(C)n1)N1CCN(Cc2ccc3c(c2)OCO3)CC1. The van der Waals surface area contributed by atoms with E-state index in [1.807, 2.05) is 31.2 Å². The van der Waals surface area contributed by atoms with E-state index in [1.54, 1.807) is 0 Å². The van der Waals surface area contributed by atoms with Gasteiger partial charge >= 0.3 is 0 Å². The first-order valence-electron chi connectivity index (χ1n) is 10.3. The average Bonchev–Trinajstić information content (AvgIpc) is 3.20. The van der Waals surface area contributed by atoms with E-state index in [0.717, 1.165) is 68.1 Å². The summed E-state index contributed by atoms with van der Waals surface area (Å²) in [5.41, 5.74) is 3.29. The minimum Gasteiger partial charge on any atom is -0.454 e. The van der Waals surface area contributed by atoms with Crippen molar-refractivity contribution in [3.05, 3.63) is 53.3 Å². The van der Waals surface area contributed by atoms with Crippen LogP contribution in [0.15, 0.2) is 41.4 Å². The Hall–Kier alpha value is -2.80. The second-order valence-corrected chi connectivity index (χ2v) is 7.39. The minimum atomic E-state index is 0.321. The van der Waals surface area contributed by atoms with Gasteiger partial charge in [-0.15, -0.1) is 0 Å². The molecule has 29 heavy (non-hydrogen) atoms. The van der Waals surface area contributed by atoms with Crippen LogP contribution in [-0.4, -0.2) is 60.3 Å². The standard InChI is InChI=1S/C22H29N5O2/c1-3-23-22(24-14-19-6-4-5-17(2)25-19)27-11-9-26(10-12-27)15-18-7-8-20-21(13-18)29-16-28-20/h4-8,13H,3,9-12,14-16H2,1-2H3,(H,23,24). The highest BCUT2D eigenvalue weighted by molar-refractivity contribution is 5.80. The molecule has 7 nitrogen and oxygen atoms in total. The molecular formula is C22H29N5O2. The lowest BCUT2D eigenvalue weighted by atomic mass is 10.1. The fraction of sp³-hybridized carbons (Fsp3) is 0.455. The molecule has 2 aliphatic heterocycles. The third-order valence-electron chi connectivity index (χ3n) is 5.19. The topological polar surface area (TPSA) is 62.2 Å². The Morgan fingerprint density at radius 3 is 2.72 bits per heavy atom. The van der Waals surface area contributed by atoms with E-state index in [1.165, 1.54) is 5.56 Å². The molecular weight excluding hydrogens is 366 g/mol. The highest BCUT2D eigenvalue weighted by Gasteiger charge is 2.21. The van der Waals surface area contributed by atoms with Crippen LogP contribution in [0.5, 0.6) is 11.5 Å². The third kappa shape index (κ3) is 4.98. The Balaban J connectivity index is 1.33. The van der Waals surface area contributed by atoms with Crippen LogP contribution in [0, 0.1) is 6.92 Å². The number of rotatable bonds is 5. The number of nitrogens with one attached hydrogen (secondary N) is 1. The van der Waals surface area contributed by atoms with Crippen LogP contribution in [0.4, 0.5) is 0 Å². The first-order valence-corrected chi connectivity index (χ1v) is 10.3. The third-order valence-corrected chi connectivity index (χ3v) is 5.19. The van der Waals surface area contributed by atoms with Crippen molar-refractivity contribution in [1.82, 2.24) is 20.1 Å². The van der Waals surface area contributed by atoms with Crippen LogP contribution >= 0.6 is 0 Å². The van der Waals surface area contributed by atoms with E-state index in [2.05, 4.69) is 39.2 Å². The number of aromatic nitrogens is 1. The van der Waals surface area contributed by atoms with E-state index in [-0.39, 0.29) is 0 Å². The molecule has 1 aromatic heterocycles. The number of nitrogens with zero attached hydrogens (tertiary/aromatic N) is 4. The molecule has 1 fully saturated rings. The first-order chi connectivity index (χ1) is 14.2. The highest BCUT2D eigenvalue weighted by Crippen LogP contribution is 2.32. The summed E-state index contributed by atoms with van der Waals surface area (Å²) in [6.45, 7) is 10.7. The van der Waals surface area contributed by atoms with E-state index in [4.69, 9.17) is 14.5 Å². The Bertz CT molecular complexity index is 862. The van der Waals surface area contributed by atoms with Crippen LogP contribution in [0.25, 0.3) is 0 Å². The van der Waals surface area contributed by atoms with Crippen molar-refractivity contribution < 1.29 is 9.47 Å². The molecule has 1 N–H and O–H groups in total. The lowest BCUT2D eigenvalue weighted by molar-refractivity contribution is 0.171. The van der Waals surface area contributed by atoms with Crippen molar-refractivity contribution in [2.24, 2.45) is 4.99 Å². The number of pyridine rings is 1. The predicted octanol–water partition coefficient (Wildman–Crippen LogP) is 2.40. The second kappa shape index (κ2) is 9.13. The van der Waals surface area contributed by atoms with Crippen LogP contribution in [0.3, 0.4) is 0 Å². The summed E-state index contributed by atoms with van der Waals surface area (Å²) < 4.78 is 10.9. The zero-order valence-electron chi connectivity index (χ0n) is 17.2. The normalized spacial score (nSPS) is 16.9. The van der Waals surface area contributed by atoms with Crippen molar-refractivity contribution in [1.29, 1.82) is 0 Å². The van der Waals surface area contributed by atoms with Gasteiger partial charge in [-0.3, -0.25) is 9.88 Å². The first kappa shape index (κ1) is 19.5. The molecule has 1 saturated heterocycles. The van der Waals surface area contributed by atoms with Gasteiger partial charge in [-0.05, 0) is 43.7 Å². The number of benzene rings is 1. The van der Waals surface area contributed by atoms with Crippen molar-refractivity contribution >= 4 is 5.96 Å². The molecule has 2 aromatic rings. The minimum absolute atomic E-state index is 0.321. The Morgan fingerprint density at radius 2 is 1.93 bits per heavy atom. The summed E-state index contributed by atoms with van der Waals surface area (Å²) in [6.07, 6.45) is 0. The summed E-state index contributed by atoms with van der Waals surface area (Å²) in [5, 5.41) is 3.43. The quantitative estimate of drug-likeness (QED) is 0.620. The van der Waals surface area contributed by atoms with Crippen LogP contribution < -0.4 is 14.8 Å². The van der Waals surface area contributed by atoms with Gasteiger partial charge < -0.3 is 19.7 Å². The molecule has 154 valence electrons. The number of aryl methyl sites for hydroxylation is 1. The van der Waals surface area contributed by atoms with Crippen LogP contribution in [0.2, 0.25) is 0 Å². The monoisotopic (exact) mass is 395 g/mol. The summed E-state index contributed by atoms with van der Waals surface area (Å²) >= 11 is 0. The van der Waals surface area contributed by atoms with Gasteiger partial charge in [-0.1, -0.05) is 12.1 Å². The lowest BCUT2D eigenvalue weighted by Crippen LogP contribution is -2.52. The molecule has 0 atom stereocenters. The number of hydrogen-bond acceptors (Lipinski definition) is 5. The molecule has 0 aliphatic carbocycles. The fourth-order valence-corrected chi connectivity index (χ4v) is 3.68. The fourth-order valence-electron chi connectivity index (χ4n) is 3.68. The highest BCUT2D eigenvalue weighted by atomic mass is 16.7. The molecule has 0 amide bonds. The molecule has 0 bridgehead atoms. The van der Waals surface area contributed by atoms with Gasteiger partial charge in [0.05, 0.1) is 12.2 Å². The van der Waals surface area contributed by atoms with Crippen molar-refractivity contribution in [2.45, 2.75) is 26.9 Å². The van der Waals surface area contributed by atoms with Crippen LogP contribution in [-0.2, 0) is 13.1 Å². The zero-order valence-corrected chi connectivity index (χ0v) is 17.2. The molecule has 0 radical (unpaired) electrons. The number of fused-ring (bicyclic) bond motifs is 1. The molecule has 0 unspecified atom stereocenters. The van der Waals surface area contributed by atoms with E-state index in [9.17, 15) is 0 Å². The smallest absolute Gasteiger partial charge is 0.231 e. The number of guanidine groups is 1. The summed E-state index contributed by atoms with van der Waals surface area (Å²) in [6, 6.07) is 12.3. The number of aliphatic imine (C=N–C) groups is 1. The number of piperazine rings is 1. The maximum atomic E-state index is 5.50. The molecule has 1 aromatic carbocycles. The Labute approximate surface area is 172 Å². The lowest BCUT2D eigenvalue weighted by Gasteiger charge is -2.36. The molecule has 4 rings (SSSR count). The molecule has 0 saturated carbocycles. The molecule has 3 heterocycles. The molecule has 7 heteroatoms. The van der Waals surface area contributed by atoms with Crippen molar-refractivity contribution in [3.8, 4) is 11.5 Å². The largest absolute Gasteiger partial charge is 0.454 e. The van der Waals surface area contributed by atoms with Gasteiger partial charge in [0, 0.05) is 45.0 Å². The summed E-state index contributed by atoms with van der Waals surface area (Å²) in [5.74, 6) is 2.67. The van der Waals surface area contributed by atoms with E-state index in [0.29, 0.717) is 13.3 Å². The van der Waals surface area contributed by atoms with Gasteiger partial charge in [0.2, 0.25) is 6.79 Å². The summed E-state index contributed by atoms with van der Waals surface area (Å²) in [4.78, 5) is 14.2. The van der Waals surface area contributed by atoms with E-state index < -0.39 is 0 Å². The summed E-state index contributed by atoms with van der Waals surface area (Å²) in [7, 11) is 0. The van der Waals surface area contributed by atoms with Gasteiger partial charge in [-0.2, -0.15) is 0 Å². The van der Waals surface area contributed by atoms with Crippen LogP contribution in [0.1, 0.15) is 23.9 Å². The maximum absolute atomic E-state index is 5.50. The number of hydrogen-bond donors (Lipinski definition) is 1.